The molecule has 0 aromatic carbocycles. The zero-order chi connectivity index (χ0) is 11.1. The molecule has 0 amide bonds. The SMILES string of the molecule is CC(C)CCCN=C(N)N1CCSCC1. The van der Waals surface area contributed by atoms with Crippen molar-refractivity contribution < 1.29 is 0 Å². The summed E-state index contributed by atoms with van der Waals surface area (Å²) in [6.45, 7) is 7.49. The van der Waals surface area contributed by atoms with Crippen molar-refractivity contribution in [2.75, 3.05) is 31.1 Å². The summed E-state index contributed by atoms with van der Waals surface area (Å²) in [7, 11) is 0. The fourth-order valence-electron chi connectivity index (χ4n) is 1.59. The maximum Gasteiger partial charge on any atom is 0.191 e. The van der Waals surface area contributed by atoms with E-state index in [0.29, 0.717) is 0 Å². The van der Waals surface area contributed by atoms with Crippen molar-refractivity contribution in [3.63, 3.8) is 0 Å². The van der Waals surface area contributed by atoms with Crippen LogP contribution in [-0.4, -0.2) is 42.0 Å². The van der Waals surface area contributed by atoms with E-state index in [9.17, 15) is 0 Å². The van der Waals surface area contributed by atoms with Crippen LogP contribution in [0.2, 0.25) is 0 Å². The quantitative estimate of drug-likeness (QED) is 0.454. The van der Waals surface area contributed by atoms with Crippen molar-refractivity contribution in [3.8, 4) is 0 Å². The molecule has 1 heterocycles. The van der Waals surface area contributed by atoms with Crippen LogP contribution in [0.15, 0.2) is 4.99 Å². The van der Waals surface area contributed by atoms with Gasteiger partial charge in [0.15, 0.2) is 5.96 Å². The Morgan fingerprint density at radius 3 is 2.67 bits per heavy atom. The van der Waals surface area contributed by atoms with Gasteiger partial charge in [-0.2, -0.15) is 11.8 Å². The van der Waals surface area contributed by atoms with Crippen molar-refractivity contribution in [3.05, 3.63) is 0 Å². The number of thioether (sulfide) groups is 1. The molecule has 0 saturated carbocycles. The summed E-state index contributed by atoms with van der Waals surface area (Å²) in [6, 6.07) is 0. The second-order valence-electron chi connectivity index (χ2n) is 4.38. The zero-order valence-electron chi connectivity index (χ0n) is 9.91. The van der Waals surface area contributed by atoms with E-state index in [4.69, 9.17) is 5.73 Å². The van der Waals surface area contributed by atoms with Crippen LogP contribution in [0.4, 0.5) is 0 Å². The Hall–Kier alpha value is -0.380. The first-order valence-corrected chi connectivity index (χ1v) is 6.98. The Morgan fingerprint density at radius 1 is 1.40 bits per heavy atom. The highest BCUT2D eigenvalue weighted by Gasteiger charge is 2.11. The molecule has 0 aromatic heterocycles. The summed E-state index contributed by atoms with van der Waals surface area (Å²) in [5.41, 5.74) is 5.93. The van der Waals surface area contributed by atoms with Crippen LogP contribution in [0.5, 0.6) is 0 Å². The number of guanidine groups is 1. The van der Waals surface area contributed by atoms with E-state index in [-0.39, 0.29) is 0 Å². The van der Waals surface area contributed by atoms with Gasteiger partial charge in [-0.1, -0.05) is 13.8 Å². The van der Waals surface area contributed by atoms with Gasteiger partial charge >= 0.3 is 0 Å². The van der Waals surface area contributed by atoms with Crippen molar-refractivity contribution in [1.82, 2.24) is 4.90 Å². The van der Waals surface area contributed by atoms with Crippen LogP contribution in [0.25, 0.3) is 0 Å². The molecular weight excluding hydrogens is 206 g/mol. The van der Waals surface area contributed by atoms with Crippen molar-refractivity contribution in [2.24, 2.45) is 16.6 Å². The average Bonchev–Trinajstić information content (AvgIpc) is 2.25. The average molecular weight is 229 g/mol. The lowest BCUT2D eigenvalue weighted by Gasteiger charge is -2.27. The molecule has 3 nitrogen and oxygen atoms in total. The van der Waals surface area contributed by atoms with Crippen LogP contribution in [-0.2, 0) is 0 Å². The number of hydrogen-bond acceptors (Lipinski definition) is 2. The summed E-state index contributed by atoms with van der Waals surface area (Å²) in [6.07, 6.45) is 2.40. The molecule has 1 rings (SSSR count). The van der Waals surface area contributed by atoms with Gasteiger partial charge in [-0.3, -0.25) is 4.99 Å². The van der Waals surface area contributed by atoms with Crippen molar-refractivity contribution in [2.45, 2.75) is 26.7 Å². The highest BCUT2D eigenvalue weighted by atomic mass is 32.2. The van der Waals surface area contributed by atoms with E-state index in [1.807, 2.05) is 11.8 Å². The van der Waals surface area contributed by atoms with Gasteiger partial charge in [0.05, 0.1) is 0 Å². The van der Waals surface area contributed by atoms with Gasteiger partial charge in [-0.25, -0.2) is 0 Å². The second-order valence-corrected chi connectivity index (χ2v) is 5.60. The largest absolute Gasteiger partial charge is 0.370 e. The summed E-state index contributed by atoms with van der Waals surface area (Å²) in [5.74, 6) is 3.89. The minimum Gasteiger partial charge on any atom is -0.370 e. The van der Waals surface area contributed by atoms with Gasteiger partial charge in [-0.15, -0.1) is 0 Å². The van der Waals surface area contributed by atoms with Crippen molar-refractivity contribution in [1.29, 1.82) is 0 Å². The van der Waals surface area contributed by atoms with Gasteiger partial charge in [0, 0.05) is 31.1 Å². The van der Waals surface area contributed by atoms with Crippen molar-refractivity contribution >= 4 is 17.7 Å². The monoisotopic (exact) mass is 229 g/mol. The zero-order valence-corrected chi connectivity index (χ0v) is 10.7. The first kappa shape index (κ1) is 12.7. The van der Waals surface area contributed by atoms with Gasteiger partial charge in [0.1, 0.15) is 0 Å². The number of rotatable bonds is 4. The summed E-state index contributed by atoms with van der Waals surface area (Å²) < 4.78 is 0. The van der Waals surface area contributed by atoms with Gasteiger partial charge in [-0.05, 0) is 18.8 Å². The summed E-state index contributed by atoms with van der Waals surface area (Å²) in [5, 5.41) is 0. The minimum atomic E-state index is 0.749. The number of hydrogen-bond donors (Lipinski definition) is 1. The van der Waals surface area contributed by atoms with E-state index in [2.05, 4.69) is 23.7 Å². The molecule has 2 N–H and O–H groups in total. The topological polar surface area (TPSA) is 41.6 Å². The molecule has 0 aromatic rings. The second kappa shape index (κ2) is 6.99. The fraction of sp³-hybridized carbons (Fsp3) is 0.909. The summed E-state index contributed by atoms with van der Waals surface area (Å²) in [4.78, 5) is 6.63. The summed E-state index contributed by atoms with van der Waals surface area (Å²) >= 11 is 2.00. The molecule has 1 aliphatic heterocycles. The first-order valence-electron chi connectivity index (χ1n) is 5.82. The lowest BCUT2D eigenvalue weighted by Crippen LogP contribution is -2.42. The molecule has 0 atom stereocenters. The third kappa shape index (κ3) is 5.30. The molecule has 0 spiro atoms. The van der Waals surface area contributed by atoms with Gasteiger partial charge in [0.2, 0.25) is 0 Å². The van der Waals surface area contributed by atoms with E-state index in [1.54, 1.807) is 0 Å². The lowest BCUT2D eigenvalue weighted by molar-refractivity contribution is 0.454. The number of aliphatic imine (C=N–C) groups is 1. The maximum absolute atomic E-state index is 5.93. The van der Waals surface area contributed by atoms with E-state index in [1.165, 1.54) is 17.9 Å². The Labute approximate surface area is 97.5 Å². The van der Waals surface area contributed by atoms with Gasteiger partial charge in [0.25, 0.3) is 0 Å². The molecule has 88 valence electrons. The van der Waals surface area contributed by atoms with E-state index < -0.39 is 0 Å². The van der Waals surface area contributed by atoms with Crippen LogP contribution >= 0.6 is 11.8 Å². The highest BCUT2D eigenvalue weighted by Crippen LogP contribution is 2.09. The van der Waals surface area contributed by atoms with Gasteiger partial charge < -0.3 is 10.6 Å². The van der Waals surface area contributed by atoms with Crippen LogP contribution < -0.4 is 5.73 Å². The number of nitrogens with two attached hydrogens (primary N) is 1. The smallest absolute Gasteiger partial charge is 0.191 e. The Morgan fingerprint density at radius 2 is 2.07 bits per heavy atom. The molecule has 15 heavy (non-hydrogen) atoms. The standard InChI is InChI=1S/C11H23N3S/c1-10(2)4-3-5-13-11(12)14-6-8-15-9-7-14/h10H,3-9H2,1-2H3,(H2,12,13). The molecule has 0 bridgehead atoms. The normalized spacial score (nSPS) is 18.6. The molecule has 0 unspecified atom stereocenters. The lowest BCUT2D eigenvalue weighted by atomic mass is 10.1. The van der Waals surface area contributed by atoms with E-state index in [0.717, 1.165) is 37.9 Å². The molecular formula is C11H23N3S. The van der Waals surface area contributed by atoms with Crippen LogP contribution in [0, 0.1) is 5.92 Å². The predicted octanol–water partition coefficient (Wildman–Crippen LogP) is 1.79. The third-order valence-corrected chi connectivity index (χ3v) is 3.49. The minimum absolute atomic E-state index is 0.749. The third-order valence-electron chi connectivity index (χ3n) is 2.55. The van der Waals surface area contributed by atoms with Crippen LogP contribution in [0.3, 0.4) is 0 Å². The molecule has 4 heteroatoms. The van der Waals surface area contributed by atoms with Crippen LogP contribution in [0.1, 0.15) is 26.7 Å². The highest BCUT2D eigenvalue weighted by molar-refractivity contribution is 7.99. The maximum atomic E-state index is 5.93. The molecule has 1 saturated heterocycles. The molecule has 1 aliphatic rings. The predicted molar refractivity (Wildman–Crippen MR) is 69.5 cm³/mol. The Bertz CT molecular complexity index is 198. The number of nitrogens with zero attached hydrogens (tertiary/aromatic N) is 2. The fourth-order valence-corrected chi connectivity index (χ4v) is 2.49. The molecule has 1 fully saturated rings. The Balaban J connectivity index is 2.19. The van der Waals surface area contributed by atoms with E-state index >= 15 is 0 Å². The Kier molecular flexibility index (Phi) is 5.91. The molecule has 0 radical (unpaired) electrons. The molecule has 0 aliphatic carbocycles. The first-order chi connectivity index (χ1) is 7.20.